The zero-order valence-corrected chi connectivity index (χ0v) is 10.4. The molecule has 0 aromatic rings. The third-order valence-electron chi connectivity index (χ3n) is 4.35. The SMILES string of the molecule is CC1=CC(C)(C(C)(C)CN)C(C)=C1C. The minimum absolute atomic E-state index is 0.135. The van der Waals surface area contributed by atoms with Crippen LogP contribution in [-0.4, -0.2) is 6.54 Å². The van der Waals surface area contributed by atoms with E-state index in [9.17, 15) is 0 Å². The summed E-state index contributed by atoms with van der Waals surface area (Å²) in [4.78, 5) is 0. The molecule has 0 aromatic heterocycles. The second-order valence-corrected chi connectivity index (χ2v) is 5.37. The van der Waals surface area contributed by atoms with E-state index < -0.39 is 0 Å². The molecule has 14 heavy (non-hydrogen) atoms. The molecule has 2 N–H and O–H groups in total. The van der Waals surface area contributed by atoms with E-state index >= 15 is 0 Å². The Labute approximate surface area is 88.1 Å². The van der Waals surface area contributed by atoms with E-state index in [0.29, 0.717) is 0 Å². The van der Waals surface area contributed by atoms with Crippen LogP contribution >= 0.6 is 0 Å². The van der Waals surface area contributed by atoms with Gasteiger partial charge in [-0.2, -0.15) is 0 Å². The van der Waals surface area contributed by atoms with Crippen molar-refractivity contribution in [2.45, 2.75) is 41.5 Å². The maximum Gasteiger partial charge on any atom is 0.0134 e. The van der Waals surface area contributed by atoms with E-state index in [1.165, 1.54) is 16.7 Å². The molecule has 0 heterocycles. The summed E-state index contributed by atoms with van der Waals surface area (Å²) in [6, 6.07) is 0. The molecule has 0 saturated heterocycles. The molecular formula is C13H23N. The predicted octanol–water partition coefficient (Wildman–Crippen LogP) is 3.27. The van der Waals surface area contributed by atoms with Gasteiger partial charge in [0.25, 0.3) is 0 Å². The Morgan fingerprint density at radius 3 is 2.07 bits per heavy atom. The maximum absolute atomic E-state index is 5.87. The molecule has 1 aliphatic rings. The second kappa shape index (κ2) is 3.23. The van der Waals surface area contributed by atoms with Crippen LogP contribution in [0.4, 0.5) is 0 Å². The highest BCUT2D eigenvalue weighted by Crippen LogP contribution is 2.51. The third-order valence-corrected chi connectivity index (χ3v) is 4.35. The third kappa shape index (κ3) is 1.35. The lowest BCUT2D eigenvalue weighted by atomic mass is 9.64. The summed E-state index contributed by atoms with van der Waals surface area (Å²) >= 11 is 0. The van der Waals surface area contributed by atoms with Crippen molar-refractivity contribution in [1.82, 2.24) is 0 Å². The Hall–Kier alpha value is -0.560. The lowest BCUT2D eigenvalue weighted by Crippen LogP contribution is -2.39. The van der Waals surface area contributed by atoms with E-state index in [1.807, 2.05) is 0 Å². The van der Waals surface area contributed by atoms with Crippen LogP contribution in [-0.2, 0) is 0 Å². The molecule has 1 unspecified atom stereocenters. The normalized spacial score (nSPS) is 28.4. The van der Waals surface area contributed by atoms with Gasteiger partial charge in [0.05, 0.1) is 0 Å². The highest BCUT2D eigenvalue weighted by Gasteiger charge is 2.43. The van der Waals surface area contributed by atoms with Gasteiger partial charge in [-0.1, -0.05) is 38.0 Å². The standard InChI is InChI=1S/C13H23N/c1-9-7-13(6,11(3)10(9)2)12(4,5)8-14/h7H,8,14H2,1-6H3. The summed E-state index contributed by atoms with van der Waals surface area (Å²) in [5, 5.41) is 0. The fourth-order valence-corrected chi connectivity index (χ4v) is 2.25. The first-order chi connectivity index (χ1) is 6.26. The van der Waals surface area contributed by atoms with Gasteiger partial charge in [-0.15, -0.1) is 0 Å². The van der Waals surface area contributed by atoms with Crippen molar-refractivity contribution in [2.75, 3.05) is 6.54 Å². The van der Waals surface area contributed by atoms with Crippen molar-refractivity contribution in [1.29, 1.82) is 0 Å². The van der Waals surface area contributed by atoms with Gasteiger partial charge in [0.2, 0.25) is 0 Å². The van der Waals surface area contributed by atoms with E-state index in [0.717, 1.165) is 6.54 Å². The minimum Gasteiger partial charge on any atom is -0.330 e. The molecule has 0 spiro atoms. The number of nitrogens with two attached hydrogens (primary N) is 1. The van der Waals surface area contributed by atoms with Crippen molar-refractivity contribution in [3.63, 3.8) is 0 Å². The zero-order valence-electron chi connectivity index (χ0n) is 10.4. The molecule has 0 aromatic carbocycles. The largest absolute Gasteiger partial charge is 0.330 e. The zero-order chi connectivity index (χ0) is 11.1. The summed E-state index contributed by atoms with van der Waals surface area (Å²) in [6.45, 7) is 14.2. The van der Waals surface area contributed by atoms with Crippen molar-refractivity contribution in [3.05, 3.63) is 22.8 Å². The molecule has 1 aliphatic carbocycles. The smallest absolute Gasteiger partial charge is 0.0134 e. The Morgan fingerprint density at radius 2 is 1.79 bits per heavy atom. The summed E-state index contributed by atoms with van der Waals surface area (Å²) in [7, 11) is 0. The van der Waals surface area contributed by atoms with Gasteiger partial charge in [0.1, 0.15) is 0 Å². The van der Waals surface area contributed by atoms with Crippen molar-refractivity contribution >= 4 is 0 Å². The number of hydrogen-bond donors (Lipinski definition) is 1. The molecule has 0 fully saturated rings. The van der Waals surface area contributed by atoms with Crippen LogP contribution in [0.1, 0.15) is 41.5 Å². The first kappa shape index (κ1) is 11.5. The number of allylic oxidation sites excluding steroid dienone is 4. The van der Waals surface area contributed by atoms with Gasteiger partial charge in [0, 0.05) is 5.41 Å². The van der Waals surface area contributed by atoms with E-state index in [4.69, 9.17) is 5.73 Å². The van der Waals surface area contributed by atoms with Crippen LogP contribution in [0.25, 0.3) is 0 Å². The molecule has 1 heteroatoms. The highest BCUT2D eigenvalue weighted by molar-refractivity contribution is 5.46. The topological polar surface area (TPSA) is 26.0 Å². The monoisotopic (exact) mass is 193 g/mol. The second-order valence-electron chi connectivity index (χ2n) is 5.37. The molecule has 0 radical (unpaired) electrons. The molecule has 0 aliphatic heterocycles. The molecule has 80 valence electrons. The van der Waals surface area contributed by atoms with Crippen molar-refractivity contribution in [2.24, 2.45) is 16.6 Å². The van der Waals surface area contributed by atoms with Crippen LogP contribution in [0.2, 0.25) is 0 Å². The maximum atomic E-state index is 5.87. The molecule has 1 rings (SSSR count). The first-order valence-electron chi connectivity index (χ1n) is 5.34. The van der Waals surface area contributed by atoms with E-state index in [2.05, 4.69) is 47.6 Å². The lowest BCUT2D eigenvalue weighted by molar-refractivity contribution is 0.197. The quantitative estimate of drug-likeness (QED) is 0.715. The fourth-order valence-electron chi connectivity index (χ4n) is 2.25. The average Bonchev–Trinajstić information content (AvgIpc) is 2.32. The lowest BCUT2D eigenvalue weighted by Gasteiger charge is -2.41. The van der Waals surface area contributed by atoms with E-state index in [1.54, 1.807) is 0 Å². The molecular weight excluding hydrogens is 170 g/mol. The molecule has 1 atom stereocenters. The number of rotatable bonds is 2. The van der Waals surface area contributed by atoms with E-state index in [-0.39, 0.29) is 10.8 Å². The van der Waals surface area contributed by atoms with Crippen LogP contribution in [0, 0.1) is 10.8 Å². The summed E-state index contributed by atoms with van der Waals surface area (Å²) in [5.41, 5.74) is 10.5. The van der Waals surface area contributed by atoms with Gasteiger partial charge >= 0.3 is 0 Å². The van der Waals surface area contributed by atoms with Gasteiger partial charge in [0.15, 0.2) is 0 Å². The van der Waals surface area contributed by atoms with Crippen LogP contribution < -0.4 is 5.73 Å². The molecule has 1 nitrogen and oxygen atoms in total. The van der Waals surface area contributed by atoms with Gasteiger partial charge in [-0.3, -0.25) is 0 Å². The van der Waals surface area contributed by atoms with Crippen LogP contribution in [0.3, 0.4) is 0 Å². The van der Waals surface area contributed by atoms with Crippen molar-refractivity contribution in [3.8, 4) is 0 Å². The number of hydrogen-bond acceptors (Lipinski definition) is 1. The molecule has 0 amide bonds. The predicted molar refractivity (Wildman–Crippen MR) is 63.1 cm³/mol. The summed E-state index contributed by atoms with van der Waals surface area (Å²) < 4.78 is 0. The summed E-state index contributed by atoms with van der Waals surface area (Å²) in [5.74, 6) is 0. The van der Waals surface area contributed by atoms with Crippen molar-refractivity contribution < 1.29 is 0 Å². The van der Waals surface area contributed by atoms with Gasteiger partial charge in [-0.25, -0.2) is 0 Å². The molecule has 0 bridgehead atoms. The Morgan fingerprint density at radius 1 is 1.29 bits per heavy atom. The molecule has 0 saturated carbocycles. The fraction of sp³-hybridized carbons (Fsp3) is 0.692. The minimum atomic E-state index is 0.135. The Balaban J connectivity index is 3.24. The Kier molecular flexibility index (Phi) is 2.66. The first-order valence-corrected chi connectivity index (χ1v) is 5.34. The van der Waals surface area contributed by atoms with Crippen LogP contribution in [0.15, 0.2) is 22.8 Å². The summed E-state index contributed by atoms with van der Waals surface area (Å²) in [6.07, 6.45) is 2.38. The van der Waals surface area contributed by atoms with Crippen LogP contribution in [0.5, 0.6) is 0 Å². The average molecular weight is 193 g/mol. The highest BCUT2D eigenvalue weighted by atomic mass is 14.6. The van der Waals surface area contributed by atoms with Gasteiger partial charge in [-0.05, 0) is 38.3 Å². The van der Waals surface area contributed by atoms with Gasteiger partial charge < -0.3 is 5.73 Å². The Bertz CT molecular complexity index is 307.